The van der Waals surface area contributed by atoms with Gasteiger partial charge >= 0.3 is 11.9 Å². The van der Waals surface area contributed by atoms with Crippen LogP contribution in [-0.4, -0.2) is 31.0 Å². The van der Waals surface area contributed by atoms with Crippen molar-refractivity contribution >= 4 is 27.9 Å². The molecule has 0 aromatic heterocycles. The number of carbonyl (C=O) groups excluding carboxylic acids is 2. The van der Waals surface area contributed by atoms with Crippen molar-refractivity contribution in [3.05, 3.63) is 30.2 Å². The Bertz CT molecular complexity index is 501. The molecule has 0 bridgehead atoms. The third-order valence-electron chi connectivity index (χ3n) is 2.72. The Morgan fingerprint density at radius 1 is 1.24 bits per heavy atom. The van der Waals surface area contributed by atoms with E-state index in [1.54, 1.807) is 18.2 Å². The third kappa shape index (κ3) is 5.75. The van der Waals surface area contributed by atoms with E-state index >= 15 is 0 Å². The Morgan fingerprint density at radius 3 is 2.48 bits per heavy atom. The molecule has 0 aliphatic carbocycles. The van der Waals surface area contributed by atoms with E-state index in [-0.39, 0.29) is 11.2 Å². The highest BCUT2D eigenvalue weighted by molar-refractivity contribution is 9.09. The summed E-state index contributed by atoms with van der Waals surface area (Å²) in [5.74, 6) is -0.167. The number of halogens is 1. The van der Waals surface area contributed by atoms with Crippen LogP contribution >= 0.6 is 15.9 Å². The highest BCUT2D eigenvalue weighted by Crippen LogP contribution is 2.27. The van der Waals surface area contributed by atoms with Gasteiger partial charge in [-0.3, -0.25) is 9.59 Å². The zero-order chi connectivity index (χ0) is 15.8. The predicted octanol–water partition coefficient (Wildman–Crippen LogP) is 2.69. The lowest BCUT2D eigenvalue weighted by Gasteiger charge is -2.09. The van der Waals surface area contributed by atoms with Crippen molar-refractivity contribution in [2.24, 2.45) is 0 Å². The molecule has 0 spiro atoms. The van der Waals surface area contributed by atoms with Crippen LogP contribution < -0.4 is 9.47 Å². The Hall–Kier alpha value is -1.56. The fourth-order valence-electron chi connectivity index (χ4n) is 1.61. The summed E-state index contributed by atoms with van der Waals surface area (Å²) in [5.41, 5.74) is 0.677. The van der Waals surface area contributed by atoms with Gasteiger partial charge in [0, 0.05) is 4.83 Å². The second-order valence-electron chi connectivity index (χ2n) is 4.25. The Kier molecular flexibility index (Phi) is 7.22. The van der Waals surface area contributed by atoms with Crippen molar-refractivity contribution in [3.63, 3.8) is 0 Å². The number of carbonyl (C=O) groups is 2. The predicted molar refractivity (Wildman–Crippen MR) is 81.7 cm³/mol. The maximum absolute atomic E-state index is 11.7. The maximum atomic E-state index is 11.7. The molecule has 21 heavy (non-hydrogen) atoms. The zero-order valence-electron chi connectivity index (χ0n) is 12.2. The number of hydrogen-bond acceptors (Lipinski definition) is 5. The van der Waals surface area contributed by atoms with Crippen LogP contribution in [0.5, 0.6) is 11.5 Å². The van der Waals surface area contributed by atoms with Crippen LogP contribution in [0.1, 0.15) is 18.9 Å². The van der Waals surface area contributed by atoms with Crippen LogP contribution in [0.4, 0.5) is 0 Å². The van der Waals surface area contributed by atoms with E-state index in [0.29, 0.717) is 17.1 Å². The van der Waals surface area contributed by atoms with Gasteiger partial charge in [-0.1, -0.05) is 28.9 Å². The smallest absolute Gasteiger partial charge is 0.318 e. The molecule has 0 fully saturated rings. The minimum absolute atomic E-state index is 0.0149. The summed E-state index contributed by atoms with van der Waals surface area (Å²) in [4.78, 5) is 23.1. The fourth-order valence-corrected chi connectivity index (χ4v) is 1.82. The molecule has 0 saturated carbocycles. The molecule has 0 saturated heterocycles. The normalized spacial score (nSPS) is 11.6. The first-order valence-corrected chi connectivity index (χ1v) is 7.36. The summed E-state index contributed by atoms with van der Waals surface area (Å²) in [6.07, 6.45) is 2.05. The summed E-state index contributed by atoms with van der Waals surface area (Å²) < 4.78 is 15.0. The van der Waals surface area contributed by atoms with Crippen molar-refractivity contribution in [2.45, 2.75) is 24.6 Å². The largest absolute Gasteiger partial charge is 0.493 e. The van der Waals surface area contributed by atoms with Gasteiger partial charge < -0.3 is 14.2 Å². The minimum Gasteiger partial charge on any atom is -0.493 e. The van der Waals surface area contributed by atoms with Crippen LogP contribution in [0.3, 0.4) is 0 Å². The van der Waals surface area contributed by atoms with Crippen molar-refractivity contribution in [2.75, 3.05) is 14.2 Å². The molecule has 1 radical (unpaired) electrons. The summed E-state index contributed by atoms with van der Waals surface area (Å²) >= 11 is 3.27. The second kappa shape index (κ2) is 8.67. The molecule has 1 aromatic rings. The molecule has 0 amide bonds. The number of rotatable bonds is 7. The van der Waals surface area contributed by atoms with Gasteiger partial charge in [0.1, 0.15) is 0 Å². The average molecular weight is 358 g/mol. The van der Waals surface area contributed by atoms with Gasteiger partial charge in [0.15, 0.2) is 11.5 Å². The molecule has 1 atom stereocenters. The quantitative estimate of drug-likeness (QED) is 0.426. The average Bonchev–Trinajstić information content (AvgIpc) is 2.46. The van der Waals surface area contributed by atoms with Gasteiger partial charge in [0.05, 0.1) is 27.1 Å². The molecule has 0 aliphatic rings. The van der Waals surface area contributed by atoms with Gasteiger partial charge in [-0.15, -0.1) is 0 Å². The number of esters is 2. The molecule has 0 heterocycles. The number of benzene rings is 1. The van der Waals surface area contributed by atoms with Crippen LogP contribution in [0.2, 0.25) is 0 Å². The maximum Gasteiger partial charge on any atom is 0.318 e. The molecular weight excluding hydrogens is 340 g/mol. The van der Waals surface area contributed by atoms with E-state index in [1.807, 2.05) is 6.92 Å². The first-order chi connectivity index (χ1) is 9.99. The summed E-state index contributed by atoms with van der Waals surface area (Å²) in [6, 6.07) is 5.09. The van der Waals surface area contributed by atoms with Gasteiger partial charge in [-0.2, -0.15) is 0 Å². The summed E-state index contributed by atoms with van der Waals surface area (Å²) in [7, 11) is 3.05. The number of hydrogen-bond donors (Lipinski definition) is 0. The van der Waals surface area contributed by atoms with Crippen molar-refractivity contribution in [3.8, 4) is 11.5 Å². The summed E-state index contributed by atoms with van der Waals surface area (Å²) in [5, 5.41) is 0. The van der Waals surface area contributed by atoms with Crippen molar-refractivity contribution in [1.82, 2.24) is 0 Å². The first-order valence-electron chi connectivity index (χ1n) is 6.44. The fraction of sp³-hybridized carbons (Fsp3) is 0.400. The van der Waals surface area contributed by atoms with Gasteiger partial charge in [0.2, 0.25) is 0 Å². The van der Waals surface area contributed by atoms with E-state index in [1.165, 1.54) is 20.6 Å². The molecule has 1 aromatic carbocycles. The number of ether oxygens (including phenoxy) is 3. The molecule has 1 unspecified atom stereocenters. The monoisotopic (exact) mass is 357 g/mol. The lowest BCUT2D eigenvalue weighted by atomic mass is 10.1. The third-order valence-corrected chi connectivity index (χ3v) is 3.63. The molecule has 6 heteroatoms. The minimum atomic E-state index is -0.649. The van der Waals surface area contributed by atoms with Crippen molar-refractivity contribution < 1.29 is 23.8 Å². The van der Waals surface area contributed by atoms with E-state index < -0.39 is 11.9 Å². The van der Waals surface area contributed by atoms with E-state index in [2.05, 4.69) is 15.9 Å². The standard InChI is InChI=1S/C15H18BrO5/c1-4-11(16)9-15(18)21-14(17)8-10-5-6-12(19-2)13(7-10)20-3/h5-7,9,11H,4,8H2,1-3H3. The lowest BCUT2D eigenvalue weighted by molar-refractivity contribution is -0.156. The van der Waals surface area contributed by atoms with Gasteiger partial charge in [0.25, 0.3) is 0 Å². The van der Waals surface area contributed by atoms with Gasteiger partial charge in [-0.05, 0) is 24.1 Å². The molecule has 5 nitrogen and oxygen atoms in total. The van der Waals surface area contributed by atoms with Gasteiger partial charge in [-0.25, -0.2) is 0 Å². The molecule has 0 aliphatic heterocycles. The number of alkyl halides is 1. The first kappa shape index (κ1) is 17.5. The van der Waals surface area contributed by atoms with Crippen LogP contribution in [-0.2, 0) is 20.7 Å². The van der Waals surface area contributed by atoms with Crippen LogP contribution in [0, 0.1) is 6.42 Å². The van der Waals surface area contributed by atoms with E-state index in [4.69, 9.17) is 14.2 Å². The van der Waals surface area contributed by atoms with E-state index in [0.717, 1.165) is 6.42 Å². The van der Waals surface area contributed by atoms with E-state index in [9.17, 15) is 9.59 Å². The SMILES string of the molecule is CCC(Br)[CH]C(=O)OC(=O)Cc1ccc(OC)c(OC)c1. The molecule has 0 N–H and O–H groups in total. The highest BCUT2D eigenvalue weighted by atomic mass is 79.9. The second-order valence-corrected chi connectivity index (χ2v) is 5.43. The summed E-state index contributed by atoms with van der Waals surface area (Å²) in [6.45, 7) is 1.91. The Morgan fingerprint density at radius 2 is 1.90 bits per heavy atom. The zero-order valence-corrected chi connectivity index (χ0v) is 13.8. The van der Waals surface area contributed by atoms with Crippen LogP contribution in [0.25, 0.3) is 0 Å². The Balaban J connectivity index is 2.60. The molecular formula is C15H18BrO5. The topological polar surface area (TPSA) is 61.8 Å². The molecule has 1 rings (SSSR count). The number of methoxy groups -OCH3 is 2. The Labute approximate surface area is 132 Å². The van der Waals surface area contributed by atoms with Crippen LogP contribution in [0.15, 0.2) is 18.2 Å². The molecule has 115 valence electrons. The van der Waals surface area contributed by atoms with Crippen molar-refractivity contribution in [1.29, 1.82) is 0 Å². The highest BCUT2D eigenvalue weighted by Gasteiger charge is 2.16. The lowest BCUT2D eigenvalue weighted by Crippen LogP contribution is -2.18.